The molecule has 3 aromatic rings. The number of hydrogen-bond acceptors (Lipinski definition) is 6. The van der Waals surface area contributed by atoms with E-state index in [-0.39, 0.29) is 11.3 Å². The lowest BCUT2D eigenvalue weighted by Gasteiger charge is -2.18. The van der Waals surface area contributed by atoms with E-state index in [0.29, 0.717) is 11.4 Å². The number of amides is 1. The average Bonchev–Trinajstić information content (AvgIpc) is 2.72. The molecule has 0 heterocycles. The van der Waals surface area contributed by atoms with Gasteiger partial charge in [-0.15, -0.1) is 0 Å². The Labute approximate surface area is 173 Å². The van der Waals surface area contributed by atoms with E-state index in [1.807, 2.05) is 36.4 Å². The molecule has 3 rings (SSSR count). The fourth-order valence-electron chi connectivity index (χ4n) is 2.98. The van der Waals surface area contributed by atoms with Crippen molar-refractivity contribution in [2.45, 2.75) is 13.0 Å². The zero-order valence-electron chi connectivity index (χ0n) is 16.8. The van der Waals surface area contributed by atoms with Gasteiger partial charge in [0.25, 0.3) is 11.6 Å². The number of nitrogens with one attached hydrogen (secondary N) is 1. The molecule has 154 valence electrons. The van der Waals surface area contributed by atoms with Crippen LogP contribution in [0.25, 0.3) is 10.8 Å². The fourth-order valence-corrected chi connectivity index (χ4v) is 2.98. The lowest BCUT2D eigenvalue weighted by atomic mass is 10.1. The summed E-state index contributed by atoms with van der Waals surface area (Å²) in [4.78, 5) is 37.2. The van der Waals surface area contributed by atoms with E-state index in [4.69, 9.17) is 4.74 Å². The topological polar surface area (TPSA) is 102 Å². The van der Waals surface area contributed by atoms with Crippen molar-refractivity contribution in [1.82, 2.24) is 0 Å². The Morgan fingerprint density at radius 3 is 2.40 bits per heavy atom. The molecule has 0 bridgehead atoms. The molecular weight excluding hydrogens is 386 g/mol. The first-order chi connectivity index (χ1) is 14.3. The number of carbonyl (C=O) groups excluding carboxylic acids is 2. The first kappa shape index (κ1) is 20.8. The van der Waals surface area contributed by atoms with Crippen molar-refractivity contribution in [3.05, 3.63) is 76.3 Å². The van der Waals surface area contributed by atoms with Crippen LogP contribution in [0.5, 0.6) is 0 Å². The maximum atomic E-state index is 12.6. The summed E-state index contributed by atoms with van der Waals surface area (Å²) in [6, 6.07) is 17.1. The minimum Gasteiger partial charge on any atom is -0.449 e. The Bertz CT molecular complexity index is 1130. The summed E-state index contributed by atoms with van der Waals surface area (Å²) >= 11 is 0. The summed E-state index contributed by atoms with van der Waals surface area (Å²) in [6.45, 7) is 1.45. The van der Waals surface area contributed by atoms with Crippen molar-refractivity contribution in [3.63, 3.8) is 0 Å². The van der Waals surface area contributed by atoms with Crippen molar-refractivity contribution in [3.8, 4) is 0 Å². The third-order valence-electron chi connectivity index (χ3n) is 4.56. The molecule has 0 fully saturated rings. The van der Waals surface area contributed by atoms with Crippen LogP contribution in [-0.2, 0) is 9.53 Å². The van der Waals surface area contributed by atoms with E-state index in [1.54, 1.807) is 25.1 Å². The summed E-state index contributed by atoms with van der Waals surface area (Å²) in [5.74, 6) is -1.32. The average molecular weight is 407 g/mol. The van der Waals surface area contributed by atoms with E-state index in [1.165, 1.54) is 19.1 Å². The highest BCUT2D eigenvalue weighted by atomic mass is 16.6. The first-order valence-corrected chi connectivity index (χ1v) is 9.22. The second kappa shape index (κ2) is 8.60. The van der Waals surface area contributed by atoms with Gasteiger partial charge < -0.3 is 15.0 Å². The van der Waals surface area contributed by atoms with Crippen LogP contribution in [0.2, 0.25) is 0 Å². The van der Waals surface area contributed by atoms with E-state index in [9.17, 15) is 19.7 Å². The molecule has 30 heavy (non-hydrogen) atoms. The number of nitro benzene ring substituents is 1. The number of benzene rings is 3. The standard InChI is InChI=1S/C22H21N3O5/c1-14(21(26)23-17-9-8-15-6-4-5-7-16(15)12-17)30-22(27)19-13-18(25(28)29)10-11-20(19)24(2)3/h4-14H,1-3H3,(H,23,26)/t14-/m0/s1. The number of fused-ring (bicyclic) bond motifs is 1. The van der Waals surface area contributed by atoms with Gasteiger partial charge in [-0.1, -0.05) is 30.3 Å². The van der Waals surface area contributed by atoms with Crippen molar-refractivity contribution in [2.24, 2.45) is 0 Å². The highest BCUT2D eigenvalue weighted by molar-refractivity contribution is 6.01. The van der Waals surface area contributed by atoms with Gasteiger partial charge in [-0.25, -0.2) is 4.79 Å². The molecule has 0 aliphatic heterocycles. The highest BCUT2D eigenvalue weighted by Gasteiger charge is 2.24. The number of carbonyl (C=O) groups is 2. The Balaban J connectivity index is 1.75. The molecule has 8 nitrogen and oxygen atoms in total. The van der Waals surface area contributed by atoms with Crippen LogP contribution in [0.4, 0.5) is 17.1 Å². The van der Waals surface area contributed by atoms with Gasteiger partial charge in [0.2, 0.25) is 0 Å². The molecule has 0 aliphatic carbocycles. The smallest absolute Gasteiger partial charge is 0.341 e. The molecule has 0 aliphatic rings. The van der Waals surface area contributed by atoms with Crippen LogP contribution < -0.4 is 10.2 Å². The number of hydrogen-bond donors (Lipinski definition) is 1. The molecular formula is C22H21N3O5. The fraction of sp³-hybridized carbons (Fsp3) is 0.182. The Morgan fingerprint density at radius 1 is 1.03 bits per heavy atom. The minimum atomic E-state index is -1.10. The quantitative estimate of drug-likeness (QED) is 0.376. The number of nitrogens with zero attached hydrogens (tertiary/aromatic N) is 2. The number of rotatable bonds is 6. The third-order valence-corrected chi connectivity index (χ3v) is 4.56. The van der Waals surface area contributed by atoms with Gasteiger partial charge in [-0.05, 0) is 35.9 Å². The number of nitro groups is 1. The van der Waals surface area contributed by atoms with Gasteiger partial charge in [-0.3, -0.25) is 14.9 Å². The maximum absolute atomic E-state index is 12.6. The predicted octanol–water partition coefficient (Wildman–Crippen LogP) is 4.00. The summed E-state index contributed by atoms with van der Waals surface area (Å²) in [6.07, 6.45) is -1.10. The van der Waals surface area contributed by atoms with Gasteiger partial charge in [0, 0.05) is 31.9 Å². The first-order valence-electron chi connectivity index (χ1n) is 9.22. The molecule has 0 spiro atoms. The third kappa shape index (κ3) is 4.54. The van der Waals surface area contributed by atoms with Crippen LogP contribution in [0.15, 0.2) is 60.7 Å². The van der Waals surface area contributed by atoms with E-state index >= 15 is 0 Å². The minimum absolute atomic E-state index is 0.0135. The van der Waals surface area contributed by atoms with Crippen LogP contribution in [0.3, 0.4) is 0 Å². The van der Waals surface area contributed by atoms with Gasteiger partial charge >= 0.3 is 5.97 Å². The SMILES string of the molecule is C[C@H](OC(=O)c1cc([N+](=O)[O-])ccc1N(C)C)C(=O)Nc1ccc2ccccc2c1. The summed E-state index contributed by atoms with van der Waals surface area (Å²) in [7, 11) is 3.40. The van der Waals surface area contributed by atoms with Crippen molar-refractivity contribution < 1.29 is 19.2 Å². The van der Waals surface area contributed by atoms with Crippen LogP contribution in [0.1, 0.15) is 17.3 Å². The normalized spacial score (nSPS) is 11.6. The molecule has 1 atom stereocenters. The zero-order valence-corrected chi connectivity index (χ0v) is 16.8. The number of anilines is 2. The molecule has 0 radical (unpaired) electrons. The highest BCUT2D eigenvalue weighted by Crippen LogP contribution is 2.25. The molecule has 8 heteroatoms. The van der Waals surface area contributed by atoms with Crippen molar-refractivity contribution in [1.29, 1.82) is 0 Å². The Hall–Kier alpha value is -3.94. The monoisotopic (exact) mass is 407 g/mol. The molecule has 0 saturated heterocycles. The largest absolute Gasteiger partial charge is 0.449 e. The van der Waals surface area contributed by atoms with Crippen LogP contribution in [-0.4, -0.2) is 37.0 Å². The number of esters is 1. The van der Waals surface area contributed by atoms with E-state index in [2.05, 4.69) is 5.32 Å². The number of ether oxygens (including phenoxy) is 1. The molecule has 0 unspecified atom stereocenters. The van der Waals surface area contributed by atoms with E-state index in [0.717, 1.165) is 16.8 Å². The Morgan fingerprint density at radius 2 is 1.73 bits per heavy atom. The summed E-state index contributed by atoms with van der Waals surface area (Å²) in [5.41, 5.74) is 0.805. The lowest BCUT2D eigenvalue weighted by Crippen LogP contribution is -2.30. The maximum Gasteiger partial charge on any atom is 0.341 e. The second-order valence-corrected chi connectivity index (χ2v) is 6.95. The molecule has 3 aromatic carbocycles. The van der Waals surface area contributed by atoms with Crippen molar-refractivity contribution >= 4 is 39.7 Å². The molecule has 1 N–H and O–H groups in total. The second-order valence-electron chi connectivity index (χ2n) is 6.95. The van der Waals surface area contributed by atoms with Gasteiger partial charge in [-0.2, -0.15) is 0 Å². The molecule has 0 aromatic heterocycles. The summed E-state index contributed by atoms with van der Waals surface area (Å²) in [5, 5.41) is 15.8. The van der Waals surface area contributed by atoms with Gasteiger partial charge in [0.1, 0.15) is 0 Å². The van der Waals surface area contributed by atoms with Crippen molar-refractivity contribution in [2.75, 3.05) is 24.3 Å². The zero-order chi connectivity index (χ0) is 21.8. The van der Waals surface area contributed by atoms with Crippen LogP contribution >= 0.6 is 0 Å². The molecule has 0 saturated carbocycles. The van der Waals surface area contributed by atoms with Crippen LogP contribution in [0, 0.1) is 10.1 Å². The lowest BCUT2D eigenvalue weighted by molar-refractivity contribution is -0.384. The predicted molar refractivity (Wildman–Crippen MR) is 115 cm³/mol. The van der Waals surface area contributed by atoms with E-state index < -0.39 is 22.9 Å². The van der Waals surface area contributed by atoms with Gasteiger partial charge in [0.05, 0.1) is 16.2 Å². The summed E-state index contributed by atoms with van der Waals surface area (Å²) < 4.78 is 5.28. The Kier molecular flexibility index (Phi) is 5.96. The molecule has 1 amide bonds. The number of non-ortho nitro benzene ring substituents is 1. The van der Waals surface area contributed by atoms with Gasteiger partial charge in [0.15, 0.2) is 6.10 Å².